The zero-order valence-electron chi connectivity index (χ0n) is 18.0. The number of carboxylic acids is 1. The van der Waals surface area contributed by atoms with Crippen molar-refractivity contribution < 1.29 is 24.2 Å². The molecule has 2 aromatic carbocycles. The zero-order valence-corrected chi connectivity index (χ0v) is 18.0. The number of ether oxygens (including phenoxy) is 1. The lowest BCUT2D eigenvalue weighted by atomic mass is 10.1. The van der Waals surface area contributed by atoms with E-state index in [-0.39, 0.29) is 11.8 Å². The van der Waals surface area contributed by atoms with Crippen molar-refractivity contribution in [2.45, 2.75) is 47.6 Å². The lowest BCUT2D eigenvalue weighted by Crippen LogP contribution is -2.18. The molecule has 0 aliphatic rings. The first kappa shape index (κ1) is 22.9. The summed E-state index contributed by atoms with van der Waals surface area (Å²) in [6.07, 6.45) is -0.584. The molecule has 160 valence electrons. The van der Waals surface area contributed by atoms with E-state index >= 15 is 0 Å². The van der Waals surface area contributed by atoms with Gasteiger partial charge >= 0.3 is 5.97 Å². The quantitative estimate of drug-likeness (QED) is 0.564. The number of hydrogen-bond donors (Lipinski definition) is 3. The van der Waals surface area contributed by atoms with Crippen LogP contribution in [0.1, 0.15) is 42.5 Å². The molecule has 0 spiro atoms. The molecule has 2 amide bonds. The Kier molecular flexibility index (Phi) is 7.58. The maximum absolute atomic E-state index is 12.0. The molecule has 0 saturated heterocycles. The average molecular weight is 412 g/mol. The lowest BCUT2D eigenvalue weighted by Gasteiger charge is -2.16. The summed E-state index contributed by atoms with van der Waals surface area (Å²) in [5.41, 5.74) is 4.84. The average Bonchev–Trinajstić information content (AvgIpc) is 2.59. The second kappa shape index (κ2) is 9.91. The Labute approximate surface area is 176 Å². The highest BCUT2D eigenvalue weighted by molar-refractivity contribution is 6.01. The largest absolute Gasteiger partial charge is 0.488 e. The minimum atomic E-state index is -1.18. The minimum absolute atomic E-state index is 0.0420. The van der Waals surface area contributed by atoms with Gasteiger partial charge in [-0.1, -0.05) is 19.9 Å². The predicted molar refractivity (Wildman–Crippen MR) is 116 cm³/mol. The number of aryl methyl sites for hydroxylation is 3. The van der Waals surface area contributed by atoms with E-state index in [2.05, 4.69) is 10.6 Å². The number of carboxylic acid groups (broad SMARTS) is 1. The Bertz CT molecular complexity index is 943. The number of anilines is 2. The molecule has 2 rings (SSSR count). The molecule has 3 N–H and O–H groups in total. The molecule has 7 nitrogen and oxygen atoms in total. The van der Waals surface area contributed by atoms with Gasteiger partial charge in [0.2, 0.25) is 11.8 Å². The Hall–Kier alpha value is -3.35. The molecule has 2 aromatic rings. The van der Waals surface area contributed by atoms with Crippen LogP contribution in [0, 0.1) is 26.7 Å². The van der Waals surface area contributed by atoms with Crippen molar-refractivity contribution in [3.63, 3.8) is 0 Å². The van der Waals surface area contributed by atoms with Crippen LogP contribution in [0.5, 0.6) is 5.75 Å². The summed E-state index contributed by atoms with van der Waals surface area (Å²) in [5.74, 6) is -1.21. The number of amides is 2. The van der Waals surface area contributed by atoms with Gasteiger partial charge in [0.1, 0.15) is 18.8 Å². The SMILES string of the molecule is Cc1cc(COc2c(C)cc(NC(=O)CC(=O)O)cc2C)cc(NC(=O)C(C)C)c1. The van der Waals surface area contributed by atoms with Crippen LogP contribution < -0.4 is 15.4 Å². The number of aliphatic carboxylic acids is 1. The van der Waals surface area contributed by atoms with Gasteiger partial charge in [-0.25, -0.2) is 0 Å². The second-order valence-corrected chi connectivity index (χ2v) is 7.70. The van der Waals surface area contributed by atoms with E-state index in [9.17, 15) is 14.4 Å². The molecule has 0 bridgehead atoms. The minimum Gasteiger partial charge on any atom is -0.488 e. The summed E-state index contributed by atoms with van der Waals surface area (Å²) >= 11 is 0. The van der Waals surface area contributed by atoms with E-state index in [1.807, 2.05) is 52.8 Å². The van der Waals surface area contributed by atoms with E-state index in [1.165, 1.54) is 0 Å². The smallest absolute Gasteiger partial charge is 0.312 e. The first-order valence-corrected chi connectivity index (χ1v) is 9.72. The van der Waals surface area contributed by atoms with E-state index in [4.69, 9.17) is 9.84 Å². The highest BCUT2D eigenvalue weighted by atomic mass is 16.5. The summed E-state index contributed by atoms with van der Waals surface area (Å²) in [6, 6.07) is 9.28. The topological polar surface area (TPSA) is 105 Å². The van der Waals surface area contributed by atoms with E-state index in [0.29, 0.717) is 18.0 Å². The Morgan fingerprint density at radius 3 is 2.10 bits per heavy atom. The van der Waals surface area contributed by atoms with Crippen molar-refractivity contribution in [3.8, 4) is 5.75 Å². The van der Waals surface area contributed by atoms with Gasteiger partial charge in [-0.15, -0.1) is 0 Å². The van der Waals surface area contributed by atoms with Gasteiger partial charge in [0, 0.05) is 17.3 Å². The summed E-state index contributed by atoms with van der Waals surface area (Å²) in [5, 5.41) is 14.2. The maximum atomic E-state index is 12.0. The van der Waals surface area contributed by atoms with Gasteiger partial charge in [0.05, 0.1) is 0 Å². The molecule has 0 unspecified atom stereocenters. The Morgan fingerprint density at radius 2 is 1.53 bits per heavy atom. The van der Waals surface area contributed by atoms with Crippen molar-refractivity contribution in [2.75, 3.05) is 10.6 Å². The number of carbonyl (C=O) groups excluding carboxylic acids is 2. The lowest BCUT2D eigenvalue weighted by molar-refractivity contribution is -0.139. The van der Waals surface area contributed by atoms with Crippen LogP contribution in [-0.4, -0.2) is 22.9 Å². The standard InChI is InChI=1S/C23H28N2O5/c1-13(2)23(29)25-18-7-14(3)6-17(10-18)12-30-22-15(4)8-19(9-16(22)5)24-20(26)11-21(27)28/h6-10,13H,11-12H2,1-5H3,(H,24,26)(H,25,29)(H,27,28). The number of hydrogen-bond acceptors (Lipinski definition) is 4. The molecule has 0 atom stereocenters. The molecule has 0 fully saturated rings. The van der Waals surface area contributed by atoms with Gasteiger partial charge in [-0.05, 0) is 67.3 Å². The predicted octanol–water partition coefficient (Wildman–Crippen LogP) is 4.20. The van der Waals surface area contributed by atoms with Gasteiger partial charge in [-0.2, -0.15) is 0 Å². The monoisotopic (exact) mass is 412 g/mol. The van der Waals surface area contributed by atoms with Crippen molar-refractivity contribution >= 4 is 29.2 Å². The molecule has 0 heterocycles. The van der Waals surface area contributed by atoms with Crippen LogP contribution in [0.3, 0.4) is 0 Å². The third-order valence-corrected chi connectivity index (χ3v) is 4.37. The van der Waals surface area contributed by atoms with Crippen molar-refractivity contribution in [2.24, 2.45) is 5.92 Å². The Morgan fingerprint density at radius 1 is 0.933 bits per heavy atom. The van der Waals surface area contributed by atoms with Gasteiger partial charge in [0.25, 0.3) is 0 Å². The maximum Gasteiger partial charge on any atom is 0.312 e. The van der Waals surface area contributed by atoms with E-state index in [0.717, 1.165) is 27.9 Å². The van der Waals surface area contributed by atoms with Crippen molar-refractivity contribution in [1.82, 2.24) is 0 Å². The van der Waals surface area contributed by atoms with Crippen LogP contribution >= 0.6 is 0 Å². The van der Waals surface area contributed by atoms with Gasteiger partial charge < -0.3 is 20.5 Å². The van der Waals surface area contributed by atoms with Gasteiger partial charge in [0.15, 0.2) is 0 Å². The van der Waals surface area contributed by atoms with Crippen LogP contribution in [0.2, 0.25) is 0 Å². The summed E-state index contributed by atoms with van der Waals surface area (Å²) in [6.45, 7) is 9.68. The first-order valence-electron chi connectivity index (χ1n) is 9.72. The molecule has 30 heavy (non-hydrogen) atoms. The third-order valence-electron chi connectivity index (χ3n) is 4.37. The van der Waals surface area contributed by atoms with Crippen LogP contribution in [0.15, 0.2) is 30.3 Å². The van der Waals surface area contributed by atoms with Crippen LogP contribution in [0.4, 0.5) is 11.4 Å². The highest BCUT2D eigenvalue weighted by Crippen LogP contribution is 2.28. The molecular formula is C23H28N2O5. The fourth-order valence-electron chi connectivity index (χ4n) is 3.05. The highest BCUT2D eigenvalue weighted by Gasteiger charge is 2.12. The van der Waals surface area contributed by atoms with Crippen LogP contribution in [0.25, 0.3) is 0 Å². The molecule has 0 aromatic heterocycles. The normalized spacial score (nSPS) is 10.6. The number of rotatable bonds is 8. The van der Waals surface area contributed by atoms with Gasteiger partial charge in [-0.3, -0.25) is 14.4 Å². The molecular weight excluding hydrogens is 384 g/mol. The van der Waals surface area contributed by atoms with Crippen LogP contribution in [-0.2, 0) is 21.0 Å². The summed E-state index contributed by atoms with van der Waals surface area (Å²) < 4.78 is 6.02. The van der Waals surface area contributed by atoms with Crippen molar-refractivity contribution in [1.29, 1.82) is 0 Å². The third kappa shape index (κ3) is 6.62. The summed E-state index contributed by atoms with van der Waals surface area (Å²) in [7, 11) is 0. The number of nitrogens with one attached hydrogen (secondary N) is 2. The molecule has 0 radical (unpaired) electrons. The molecule has 0 aliphatic carbocycles. The fourth-order valence-corrected chi connectivity index (χ4v) is 3.05. The number of benzene rings is 2. The fraction of sp³-hybridized carbons (Fsp3) is 0.348. The van der Waals surface area contributed by atoms with E-state index < -0.39 is 18.3 Å². The Balaban J connectivity index is 2.12. The van der Waals surface area contributed by atoms with E-state index in [1.54, 1.807) is 12.1 Å². The second-order valence-electron chi connectivity index (χ2n) is 7.70. The van der Waals surface area contributed by atoms with Crippen molar-refractivity contribution in [3.05, 3.63) is 52.6 Å². The molecule has 0 saturated carbocycles. The molecule has 7 heteroatoms. The number of carbonyl (C=O) groups is 3. The first-order chi connectivity index (χ1) is 14.0. The molecule has 0 aliphatic heterocycles. The summed E-state index contributed by atoms with van der Waals surface area (Å²) in [4.78, 5) is 34.3. The zero-order chi connectivity index (χ0) is 22.4.